The molecule has 1 aliphatic heterocycles. The van der Waals surface area contributed by atoms with Gasteiger partial charge in [-0.1, -0.05) is 57.6 Å². The lowest BCUT2D eigenvalue weighted by atomic mass is 10.1. The molecule has 1 saturated heterocycles. The van der Waals surface area contributed by atoms with Crippen molar-refractivity contribution in [2.45, 2.75) is 102 Å². The van der Waals surface area contributed by atoms with E-state index in [1.165, 1.54) is 44.9 Å². The maximum Gasteiger partial charge on any atom is 0.114 e. The second-order valence-electron chi connectivity index (χ2n) is 7.32. The predicted octanol–water partition coefficient (Wildman–Crippen LogP) is 3.35. The number of ether oxygens (including phenoxy) is 2. The predicted molar refractivity (Wildman–Crippen MR) is 104 cm³/mol. The summed E-state index contributed by atoms with van der Waals surface area (Å²) < 4.78 is 10.9. The maximum absolute atomic E-state index is 9.80. The maximum atomic E-state index is 9.80. The highest BCUT2D eigenvalue weighted by atomic mass is 16.6. The fourth-order valence-corrected chi connectivity index (χ4v) is 3.26. The van der Waals surface area contributed by atoms with Gasteiger partial charge in [0, 0.05) is 6.61 Å². The molecule has 0 saturated carbocycles. The summed E-state index contributed by atoms with van der Waals surface area (Å²) in [4.78, 5) is 0. The van der Waals surface area contributed by atoms with Gasteiger partial charge in [0.1, 0.15) is 24.4 Å². The van der Waals surface area contributed by atoms with Crippen molar-refractivity contribution in [3.63, 3.8) is 0 Å². The van der Waals surface area contributed by atoms with E-state index in [4.69, 9.17) is 9.47 Å². The highest BCUT2D eigenvalue weighted by molar-refractivity contribution is 4.88. The Morgan fingerprint density at radius 2 is 1.58 bits per heavy atom. The molecule has 5 nitrogen and oxygen atoms in total. The van der Waals surface area contributed by atoms with Crippen LogP contribution in [-0.4, -0.2) is 59.6 Å². The lowest BCUT2D eigenvalue weighted by Gasteiger charge is -2.24. The van der Waals surface area contributed by atoms with Gasteiger partial charge in [-0.05, 0) is 32.1 Å². The summed E-state index contributed by atoms with van der Waals surface area (Å²) in [6.07, 6.45) is 15.1. The highest BCUT2D eigenvalue weighted by Gasteiger charge is 2.40. The largest absolute Gasteiger partial charge is 0.394 e. The standard InChI is InChI=1S/C21H40O5/c1-2-3-4-5-6-7-8-9-10-11-12-13-14-15-25-19(16-22)21-20(24)18(23)17-26-21/h9-10,18-24H,2-8,11-17H2,1H3/b10-9+/t18-,19+,20-,21-/m1/s1. The number of aliphatic hydroxyl groups excluding tert-OH is 3. The third-order valence-electron chi connectivity index (χ3n) is 4.97. The van der Waals surface area contributed by atoms with Crippen LogP contribution < -0.4 is 0 Å². The summed E-state index contributed by atoms with van der Waals surface area (Å²) in [6, 6.07) is 0. The van der Waals surface area contributed by atoms with Crippen LogP contribution in [0.25, 0.3) is 0 Å². The van der Waals surface area contributed by atoms with Crippen LogP contribution in [0.3, 0.4) is 0 Å². The Kier molecular flexibility index (Phi) is 14.1. The third kappa shape index (κ3) is 10.0. The molecule has 0 bridgehead atoms. The zero-order valence-corrected chi connectivity index (χ0v) is 16.5. The number of unbranched alkanes of at least 4 members (excludes halogenated alkanes) is 9. The van der Waals surface area contributed by atoms with Gasteiger partial charge in [0.25, 0.3) is 0 Å². The van der Waals surface area contributed by atoms with Gasteiger partial charge in [0.15, 0.2) is 0 Å². The molecule has 0 amide bonds. The zero-order valence-electron chi connectivity index (χ0n) is 16.5. The SMILES string of the molecule is CCCCCCCC/C=C/CCCCCO[C@@H](CO)[C@H]1OC[C@@H](O)[C@H]1O. The quantitative estimate of drug-likeness (QED) is 0.286. The first kappa shape index (κ1) is 23.6. The van der Waals surface area contributed by atoms with E-state index in [2.05, 4.69) is 19.1 Å². The van der Waals surface area contributed by atoms with E-state index >= 15 is 0 Å². The molecule has 5 heteroatoms. The van der Waals surface area contributed by atoms with E-state index in [9.17, 15) is 15.3 Å². The van der Waals surface area contributed by atoms with Crippen molar-refractivity contribution in [1.29, 1.82) is 0 Å². The van der Waals surface area contributed by atoms with Crippen LogP contribution in [0.5, 0.6) is 0 Å². The van der Waals surface area contributed by atoms with Crippen molar-refractivity contribution in [3.8, 4) is 0 Å². The van der Waals surface area contributed by atoms with Crippen LogP contribution in [0.4, 0.5) is 0 Å². The van der Waals surface area contributed by atoms with Crippen molar-refractivity contribution >= 4 is 0 Å². The van der Waals surface area contributed by atoms with Crippen LogP contribution in [0.15, 0.2) is 12.2 Å². The lowest BCUT2D eigenvalue weighted by Crippen LogP contribution is -2.42. The molecule has 0 aromatic carbocycles. The first-order chi connectivity index (χ1) is 12.7. The first-order valence-corrected chi connectivity index (χ1v) is 10.6. The Hall–Kier alpha value is -0.460. The summed E-state index contributed by atoms with van der Waals surface area (Å²) >= 11 is 0. The molecule has 154 valence electrons. The Bertz CT molecular complexity index is 347. The molecule has 1 rings (SSSR count). The molecule has 0 unspecified atom stereocenters. The smallest absolute Gasteiger partial charge is 0.114 e. The fraction of sp³-hybridized carbons (Fsp3) is 0.905. The zero-order chi connectivity index (χ0) is 19.0. The molecule has 0 radical (unpaired) electrons. The first-order valence-electron chi connectivity index (χ1n) is 10.6. The van der Waals surface area contributed by atoms with E-state index in [-0.39, 0.29) is 13.2 Å². The number of allylic oxidation sites excluding steroid dienone is 2. The van der Waals surface area contributed by atoms with Crippen molar-refractivity contribution in [3.05, 3.63) is 12.2 Å². The Balaban J connectivity index is 1.93. The van der Waals surface area contributed by atoms with Gasteiger partial charge in [-0.15, -0.1) is 0 Å². The number of aliphatic hydroxyl groups is 3. The Morgan fingerprint density at radius 3 is 2.15 bits per heavy atom. The highest BCUT2D eigenvalue weighted by Crippen LogP contribution is 2.19. The average molecular weight is 373 g/mol. The van der Waals surface area contributed by atoms with E-state index in [0.29, 0.717) is 6.61 Å². The minimum Gasteiger partial charge on any atom is -0.394 e. The second kappa shape index (κ2) is 15.6. The van der Waals surface area contributed by atoms with Crippen LogP contribution in [0, 0.1) is 0 Å². The third-order valence-corrected chi connectivity index (χ3v) is 4.97. The molecular formula is C21H40O5. The minimum atomic E-state index is -0.982. The van der Waals surface area contributed by atoms with E-state index in [1.54, 1.807) is 0 Å². The molecular weight excluding hydrogens is 332 g/mol. The van der Waals surface area contributed by atoms with E-state index in [0.717, 1.165) is 25.7 Å². The molecule has 0 aliphatic carbocycles. The van der Waals surface area contributed by atoms with Crippen LogP contribution >= 0.6 is 0 Å². The van der Waals surface area contributed by atoms with Crippen molar-refractivity contribution < 1.29 is 24.8 Å². The van der Waals surface area contributed by atoms with Crippen LogP contribution in [0.2, 0.25) is 0 Å². The fourth-order valence-electron chi connectivity index (χ4n) is 3.26. The molecule has 4 atom stereocenters. The Labute approximate surface area is 159 Å². The molecule has 1 aliphatic rings. The number of hydrogen-bond donors (Lipinski definition) is 3. The van der Waals surface area contributed by atoms with Crippen molar-refractivity contribution in [1.82, 2.24) is 0 Å². The van der Waals surface area contributed by atoms with Gasteiger partial charge in [-0.25, -0.2) is 0 Å². The number of hydrogen-bond acceptors (Lipinski definition) is 5. The topological polar surface area (TPSA) is 79.2 Å². The monoisotopic (exact) mass is 372 g/mol. The van der Waals surface area contributed by atoms with Crippen molar-refractivity contribution in [2.24, 2.45) is 0 Å². The molecule has 26 heavy (non-hydrogen) atoms. The van der Waals surface area contributed by atoms with Gasteiger partial charge in [-0.3, -0.25) is 0 Å². The average Bonchev–Trinajstić information content (AvgIpc) is 2.98. The molecule has 1 heterocycles. The van der Waals surface area contributed by atoms with Crippen LogP contribution in [-0.2, 0) is 9.47 Å². The van der Waals surface area contributed by atoms with E-state index < -0.39 is 24.4 Å². The van der Waals surface area contributed by atoms with Crippen LogP contribution in [0.1, 0.15) is 77.6 Å². The molecule has 0 aromatic rings. The summed E-state index contributed by atoms with van der Waals surface area (Å²) in [7, 11) is 0. The summed E-state index contributed by atoms with van der Waals surface area (Å²) in [5, 5.41) is 28.7. The lowest BCUT2D eigenvalue weighted by molar-refractivity contribution is -0.101. The molecule has 0 aromatic heterocycles. The van der Waals surface area contributed by atoms with Gasteiger partial charge >= 0.3 is 0 Å². The molecule has 1 fully saturated rings. The van der Waals surface area contributed by atoms with Gasteiger partial charge < -0.3 is 24.8 Å². The second-order valence-corrected chi connectivity index (χ2v) is 7.32. The normalized spacial score (nSPS) is 24.5. The Morgan fingerprint density at radius 1 is 0.962 bits per heavy atom. The summed E-state index contributed by atoms with van der Waals surface area (Å²) in [5.41, 5.74) is 0. The molecule has 0 spiro atoms. The summed E-state index contributed by atoms with van der Waals surface area (Å²) in [6.45, 7) is 2.67. The molecule has 3 N–H and O–H groups in total. The number of rotatable bonds is 16. The minimum absolute atomic E-state index is 0.0940. The van der Waals surface area contributed by atoms with Gasteiger partial charge in [-0.2, -0.15) is 0 Å². The van der Waals surface area contributed by atoms with Gasteiger partial charge in [0.05, 0.1) is 13.2 Å². The van der Waals surface area contributed by atoms with E-state index in [1.807, 2.05) is 0 Å². The summed E-state index contributed by atoms with van der Waals surface area (Å²) in [5.74, 6) is 0. The van der Waals surface area contributed by atoms with Gasteiger partial charge in [0.2, 0.25) is 0 Å². The van der Waals surface area contributed by atoms with Crippen molar-refractivity contribution in [2.75, 3.05) is 19.8 Å².